The van der Waals surface area contributed by atoms with Crippen molar-refractivity contribution in [3.8, 4) is 22.5 Å². The van der Waals surface area contributed by atoms with E-state index in [1.54, 1.807) is 49.1 Å². The Labute approximate surface area is 453 Å². The number of benzene rings is 3. The van der Waals surface area contributed by atoms with Gasteiger partial charge in [-0.15, -0.1) is 71.8 Å². The van der Waals surface area contributed by atoms with Crippen LogP contribution in [-0.4, -0.2) is 118 Å². The van der Waals surface area contributed by atoms with Crippen LogP contribution in [0.5, 0.6) is 0 Å². The molecular formula is C55H54IrN9O10S-3. The molecule has 4 aromatic heterocycles. The maximum Gasteiger partial charge on any atom is 0.253 e. The number of imide groups is 1. The summed E-state index contributed by atoms with van der Waals surface area (Å²) in [5.74, 6) is -4.19. The van der Waals surface area contributed by atoms with E-state index in [1.807, 2.05) is 91.0 Å². The van der Waals surface area contributed by atoms with Gasteiger partial charge in [0.2, 0.25) is 23.6 Å². The van der Waals surface area contributed by atoms with E-state index in [9.17, 15) is 41.7 Å². The first kappa shape index (κ1) is 58.9. The maximum absolute atomic E-state index is 12.7. The Morgan fingerprint density at radius 1 is 0.632 bits per heavy atom. The number of amides is 6. The van der Waals surface area contributed by atoms with Crippen LogP contribution in [0.3, 0.4) is 0 Å². The number of carbonyl (C=O) groups is 6. The smallest absolute Gasteiger partial charge is 0.253 e. The van der Waals surface area contributed by atoms with Crippen LogP contribution in [0.2, 0.25) is 0 Å². The van der Waals surface area contributed by atoms with Gasteiger partial charge in [0.25, 0.3) is 11.8 Å². The van der Waals surface area contributed by atoms with Crippen LogP contribution >= 0.6 is 0 Å². The molecule has 1 radical (unpaired) electrons. The van der Waals surface area contributed by atoms with Crippen molar-refractivity contribution in [3.05, 3.63) is 164 Å². The van der Waals surface area contributed by atoms with Crippen molar-refractivity contribution in [1.29, 1.82) is 0 Å². The molecule has 0 saturated heterocycles. The van der Waals surface area contributed by atoms with Crippen LogP contribution in [-0.2, 0) is 63.7 Å². The van der Waals surface area contributed by atoms with E-state index in [2.05, 4.69) is 53.3 Å². The molecule has 0 aliphatic carbocycles. The molecule has 1 aliphatic rings. The summed E-state index contributed by atoms with van der Waals surface area (Å²) >= 11 is 0. The second kappa shape index (κ2) is 31.1. The minimum absolute atomic E-state index is 0. The van der Waals surface area contributed by atoms with Crippen molar-refractivity contribution in [2.45, 2.75) is 44.6 Å². The van der Waals surface area contributed by atoms with E-state index in [0.29, 0.717) is 34.9 Å². The SMILES string of the molecule is O=C(CCCCNC(=O)C(CS(=O)(=O)[O-])NC(=O)CCCC(=O)Nc1cc2cccnc2c2ncccc12)NCCOCCN1C(=O)C=CC1=O.[Ir].[c-]1ccccc1-c1ccccn1.[c-]1ccccc1-c1ccccn1. The number of pyridine rings is 4. The van der Waals surface area contributed by atoms with E-state index in [4.69, 9.17) is 4.74 Å². The predicted molar refractivity (Wildman–Crippen MR) is 280 cm³/mol. The molecule has 6 amide bonds. The Hall–Kier alpha value is -7.94. The minimum Gasteiger partial charge on any atom is -0.748 e. The number of nitrogens with one attached hydrogen (secondary N) is 4. The molecule has 5 heterocycles. The molecule has 1 unspecified atom stereocenters. The third-order valence-electron chi connectivity index (χ3n) is 10.9. The number of unbranched alkanes of at least 4 members (excludes halogenated alkanes) is 1. The minimum atomic E-state index is -4.88. The number of anilines is 1. The topological polar surface area (TPSA) is 272 Å². The van der Waals surface area contributed by atoms with Gasteiger partial charge in [-0.3, -0.25) is 43.6 Å². The summed E-state index contributed by atoms with van der Waals surface area (Å²) in [7, 11) is -4.88. The predicted octanol–water partition coefficient (Wildman–Crippen LogP) is 5.36. The number of hydrogen-bond donors (Lipinski definition) is 4. The van der Waals surface area contributed by atoms with Gasteiger partial charge in [0.15, 0.2) is 0 Å². The van der Waals surface area contributed by atoms with Crippen molar-refractivity contribution >= 4 is 73.1 Å². The van der Waals surface area contributed by atoms with Gasteiger partial charge in [-0.1, -0.05) is 30.3 Å². The largest absolute Gasteiger partial charge is 0.748 e. The fourth-order valence-electron chi connectivity index (χ4n) is 7.31. The van der Waals surface area contributed by atoms with Crippen LogP contribution < -0.4 is 21.3 Å². The quantitative estimate of drug-likeness (QED) is 0.0219. The molecule has 0 fully saturated rings. The number of rotatable bonds is 22. The molecule has 0 saturated carbocycles. The summed E-state index contributed by atoms with van der Waals surface area (Å²) in [5, 5.41) is 11.7. The summed E-state index contributed by atoms with van der Waals surface area (Å²) in [5.41, 5.74) is 5.86. The molecule has 1 atom stereocenters. The Bertz CT molecular complexity index is 2990. The second-order valence-corrected chi connectivity index (χ2v) is 17.9. The van der Waals surface area contributed by atoms with Crippen molar-refractivity contribution in [2.75, 3.05) is 43.9 Å². The van der Waals surface area contributed by atoms with Crippen molar-refractivity contribution in [1.82, 2.24) is 40.8 Å². The van der Waals surface area contributed by atoms with Gasteiger partial charge >= 0.3 is 0 Å². The Balaban J connectivity index is 0.000000342. The molecular weight excluding hydrogens is 1170 g/mol. The molecule has 0 bridgehead atoms. The van der Waals surface area contributed by atoms with Crippen LogP contribution in [0.25, 0.3) is 44.3 Å². The first-order valence-corrected chi connectivity index (χ1v) is 25.5. The van der Waals surface area contributed by atoms with Gasteiger partial charge in [-0.25, -0.2) is 8.42 Å². The van der Waals surface area contributed by atoms with Crippen LogP contribution in [0.15, 0.2) is 152 Å². The molecule has 21 heteroatoms. The normalized spacial score (nSPS) is 12.0. The fourth-order valence-corrected chi connectivity index (χ4v) is 7.95. The average molecular weight is 1230 g/mol. The molecule has 4 N–H and O–H groups in total. The third-order valence-corrected chi connectivity index (χ3v) is 11.7. The summed E-state index contributed by atoms with van der Waals surface area (Å²) in [6, 6.07) is 40.9. The second-order valence-electron chi connectivity index (χ2n) is 16.5. The van der Waals surface area contributed by atoms with Crippen molar-refractivity contribution < 1.29 is 66.6 Å². The molecule has 3 aromatic carbocycles. The molecule has 0 spiro atoms. The van der Waals surface area contributed by atoms with Gasteiger partial charge in [0.05, 0.1) is 52.4 Å². The van der Waals surface area contributed by atoms with Crippen molar-refractivity contribution in [2.24, 2.45) is 0 Å². The summed E-state index contributed by atoms with van der Waals surface area (Å²) in [6.07, 6.45) is 9.88. The number of ether oxygens (including phenoxy) is 1. The van der Waals surface area contributed by atoms with Crippen LogP contribution in [0.1, 0.15) is 38.5 Å². The fraction of sp³-hybridized carbons (Fsp3) is 0.236. The monoisotopic (exact) mass is 1230 g/mol. The van der Waals surface area contributed by atoms with E-state index < -0.39 is 45.5 Å². The number of fused-ring (bicyclic) bond motifs is 3. The van der Waals surface area contributed by atoms with Gasteiger partial charge in [-0.05, 0) is 67.0 Å². The first-order valence-electron chi connectivity index (χ1n) is 23.9. The van der Waals surface area contributed by atoms with E-state index in [-0.39, 0.29) is 90.5 Å². The number of aromatic nitrogens is 4. The van der Waals surface area contributed by atoms with Gasteiger partial charge in [0.1, 0.15) is 6.04 Å². The van der Waals surface area contributed by atoms with E-state index in [1.165, 1.54) is 12.2 Å². The molecule has 7 aromatic rings. The van der Waals surface area contributed by atoms with Gasteiger partial charge in [0, 0.05) is 100 Å². The van der Waals surface area contributed by atoms with Crippen LogP contribution in [0, 0.1) is 12.1 Å². The standard InChI is InChI=1S/C33H39N7O10S.2C11H8N.Ir/c41-26(34-16-18-50-19-17-40-29(44)11-12-30(40)45)8-1-2-13-37-33(46)25(21-51(47,48)49)39-28(43)10-3-9-27(42)38-24-20-22-6-4-14-35-31(22)32-23(24)7-5-15-36-32;2*1-2-6-10(7-3-1)11-8-4-5-9-12-11;/h4-7,11-12,14-15,20,25H,1-3,8-10,13,16-19,21H2,(H,34,41)(H,37,46)(H,38,42)(H,39,43)(H,47,48,49);2*1-6,8-9H;/q;2*-1;/p-1. The molecule has 397 valence electrons. The van der Waals surface area contributed by atoms with Crippen molar-refractivity contribution in [3.63, 3.8) is 0 Å². The van der Waals surface area contributed by atoms with E-state index >= 15 is 0 Å². The number of carbonyl (C=O) groups excluding carboxylic acids is 6. The molecule has 76 heavy (non-hydrogen) atoms. The maximum atomic E-state index is 12.7. The van der Waals surface area contributed by atoms with Gasteiger partial charge in [-0.2, -0.15) is 0 Å². The summed E-state index contributed by atoms with van der Waals surface area (Å²) in [4.78, 5) is 91.2. The number of nitrogens with zero attached hydrogens (tertiary/aromatic N) is 5. The van der Waals surface area contributed by atoms with Gasteiger partial charge < -0.3 is 40.5 Å². The third kappa shape index (κ3) is 19.7. The summed E-state index contributed by atoms with van der Waals surface area (Å²) < 4.78 is 39.6. The number of hydrogen-bond acceptors (Lipinski definition) is 14. The Kier molecular flexibility index (Phi) is 24.1. The Morgan fingerprint density at radius 2 is 1.22 bits per heavy atom. The van der Waals surface area contributed by atoms with Crippen LogP contribution in [0.4, 0.5) is 5.69 Å². The molecule has 8 rings (SSSR count). The average Bonchev–Trinajstić information content (AvgIpc) is 3.76. The zero-order chi connectivity index (χ0) is 53.3. The zero-order valence-electron chi connectivity index (χ0n) is 41.1. The first-order chi connectivity index (χ1) is 36.3. The Morgan fingerprint density at radius 3 is 1.83 bits per heavy atom. The molecule has 19 nitrogen and oxygen atoms in total. The summed E-state index contributed by atoms with van der Waals surface area (Å²) in [6.45, 7) is 0.674. The molecule has 1 aliphatic heterocycles. The van der Waals surface area contributed by atoms with E-state index in [0.717, 1.165) is 32.8 Å². The zero-order valence-corrected chi connectivity index (χ0v) is 44.3.